The fourth-order valence-corrected chi connectivity index (χ4v) is 4.93. The summed E-state index contributed by atoms with van der Waals surface area (Å²) in [6.07, 6.45) is 2.11. The number of nitrogen functional groups attached to an aromatic ring is 2. The van der Waals surface area contributed by atoms with Crippen LogP contribution in [0.4, 0.5) is 11.4 Å². The Morgan fingerprint density at radius 3 is 1.85 bits per heavy atom. The van der Waals surface area contributed by atoms with E-state index in [0.717, 1.165) is 54.9 Å². The van der Waals surface area contributed by atoms with Gasteiger partial charge in [-0.1, -0.05) is 45.0 Å². The molecule has 3 aromatic carbocycles. The molecule has 1 aromatic heterocycles. The summed E-state index contributed by atoms with van der Waals surface area (Å²) in [6.45, 7) is 17.0. The number of anilines is 2. The summed E-state index contributed by atoms with van der Waals surface area (Å²) >= 11 is 0. The molecule has 0 fully saturated rings. The maximum absolute atomic E-state index is 6.25. The maximum Gasteiger partial charge on any atom is 0.220 e. The highest BCUT2D eigenvalue weighted by Gasteiger charge is 2.31. The van der Waals surface area contributed by atoms with Crippen LogP contribution in [0.3, 0.4) is 0 Å². The molecule has 1 heterocycles. The first-order valence-corrected chi connectivity index (χ1v) is 14.7. The standard InChI is InChI=1S/C27H33N4.C7H18N2/c1-4-31(3,5-2)17-9-16-30-26-19-22(29)13-15-24(26)23-14-12-21(28)18-25(23)27(30)20-10-7-6-8-11-20;1-5-6(2,3)7(4,8)9/h6-8,10-15,18-19,29H,4-5,9,16-17,28H2,1-3H3;5,8-9H2,1-4H3/q+1;/p+1. The van der Waals surface area contributed by atoms with Crippen LogP contribution in [0.5, 0.6) is 0 Å². The van der Waals surface area contributed by atoms with E-state index in [1.165, 1.54) is 32.9 Å². The average Bonchev–Trinajstić information content (AvgIpc) is 2.93. The summed E-state index contributed by atoms with van der Waals surface area (Å²) in [5, 5.41) is 3.61. The zero-order valence-corrected chi connectivity index (χ0v) is 25.8. The number of nitrogens with zero attached hydrogens (tertiary/aromatic N) is 2. The zero-order valence-electron chi connectivity index (χ0n) is 25.8. The highest BCUT2D eigenvalue weighted by molar-refractivity contribution is 6.10. The lowest BCUT2D eigenvalue weighted by Gasteiger charge is -2.37. The minimum atomic E-state index is -0.554. The van der Waals surface area contributed by atoms with Gasteiger partial charge in [-0.2, -0.15) is 4.57 Å². The maximum atomic E-state index is 6.25. The van der Waals surface area contributed by atoms with Gasteiger partial charge in [0.25, 0.3) is 0 Å². The Hall–Kier alpha value is -3.19. The minimum absolute atomic E-state index is 0.0347. The van der Waals surface area contributed by atoms with E-state index in [1.807, 2.05) is 19.1 Å². The molecule has 40 heavy (non-hydrogen) atoms. The van der Waals surface area contributed by atoms with Crippen LogP contribution in [0.2, 0.25) is 0 Å². The molecule has 4 rings (SSSR count). The molecule has 0 atom stereocenters. The highest BCUT2D eigenvalue weighted by Crippen LogP contribution is 2.33. The van der Waals surface area contributed by atoms with Crippen molar-refractivity contribution in [3.63, 3.8) is 0 Å². The molecule has 0 spiro atoms. The Bertz CT molecular complexity index is 1420. The highest BCUT2D eigenvalue weighted by atomic mass is 15.3. The Kier molecular flexibility index (Phi) is 9.83. The molecule has 0 amide bonds. The van der Waals surface area contributed by atoms with Crippen molar-refractivity contribution < 1.29 is 9.05 Å². The molecule has 0 aliphatic heterocycles. The number of hydrogen-bond acceptors (Lipinski definition) is 4. The van der Waals surface area contributed by atoms with Gasteiger partial charge in [-0.25, -0.2) is 0 Å². The van der Waals surface area contributed by atoms with Crippen LogP contribution in [0, 0.1) is 5.41 Å². The van der Waals surface area contributed by atoms with Crippen LogP contribution < -0.4 is 27.5 Å². The van der Waals surface area contributed by atoms with Crippen molar-refractivity contribution in [3.8, 4) is 11.3 Å². The van der Waals surface area contributed by atoms with Crippen molar-refractivity contribution in [3.05, 3.63) is 66.7 Å². The van der Waals surface area contributed by atoms with Gasteiger partial charge in [-0.15, -0.1) is 0 Å². The first-order chi connectivity index (χ1) is 18.8. The van der Waals surface area contributed by atoms with Gasteiger partial charge < -0.3 is 27.4 Å². The van der Waals surface area contributed by atoms with Crippen molar-refractivity contribution in [2.24, 2.45) is 16.9 Å². The molecule has 0 unspecified atom stereocenters. The number of pyridine rings is 1. The van der Waals surface area contributed by atoms with Crippen molar-refractivity contribution in [2.45, 2.75) is 66.6 Å². The van der Waals surface area contributed by atoms with Crippen LogP contribution in [-0.4, -0.2) is 36.8 Å². The number of benzene rings is 3. The number of hydrogen-bond donors (Lipinski definition) is 4. The van der Waals surface area contributed by atoms with Crippen molar-refractivity contribution in [1.29, 1.82) is 0 Å². The summed E-state index contributed by atoms with van der Waals surface area (Å²) in [4.78, 5) is 0. The monoisotopic (exact) mass is 544 g/mol. The predicted octanol–water partition coefficient (Wildman–Crippen LogP) is 6.04. The summed E-state index contributed by atoms with van der Waals surface area (Å²) in [5.41, 5.74) is 28.6. The summed E-state index contributed by atoms with van der Waals surface area (Å²) in [5.74, 6) is 0. The largest absolute Gasteiger partial charge is 0.399 e. The lowest BCUT2D eigenvalue weighted by atomic mass is 9.79. The van der Waals surface area contributed by atoms with Crippen LogP contribution in [0.25, 0.3) is 32.9 Å². The van der Waals surface area contributed by atoms with Gasteiger partial charge in [0.1, 0.15) is 0 Å². The number of fused-ring (bicyclic) bond motifs is 3. The molecule has 6 heteroatoms. The Balaban J connectivity index is 0.000000424. The normalized spacial score (nSPS) is 12.4. The summed E-state index contributed by atoms with van der Waals surface area (Å²) in [6, 6.07) is 23.1. The molecular formula is C34H52N6+2. The van der Waals surface area contributed by atoms with Gasteiger partial charge in [0.05, 0.1) is 49.5 Å². The Labute approximate surface area is 241 Å². The van der Waals surface area contributed by atoms with Gasteiger partial charge in [0, 0.05) is 28.4 Å². The van der Waals surface area contributed by atoms with Crippen LogP contribution in [0.1, 0.15) is 54.4 Å². The average molecular weight is 545 g/mol. The van der Waals surface area contributed by atoms with E-state index in [2.05, 4.69) is 101 Å². The first kappa shape index (κ1) is 31.3. The quantitative estimate of drug-likeness (QED) is 0.0677. The number of quaternary nitrogens is 1. The molecule has 0 radical (unpaired) electrons. The fourth-order valence-electron chi connectivity index (χ4n) is 4.93. The topological polar surface area (TPSA) is 108 Å². The molecule has 0 aliphatic carbocycles. The molecule has 216 valence electrons. The predicted molar refractivity (Wildman–Crippen MR) is 174 cm³/mol. The van der Waals surface area contributed by atoms with Crippen molar-refractivity contribution >= 4 is 33.1 Å². The number of aromatic nitrogens is 1. The van der Waals surface area contributed by atoms with E-state index in [1.54, 1.807) is 0 Å². The second-order valence-electron chi connectivity index (χ2n) is 12.3. The van der Waals surface area contributed by atoms with E-state index < -0.39 is 5.66 Å². The van der Waals surface area contributed by atoms with E-state index in [4.69, 9.17) is 22.9 Å². The molecule has 0 saturated carbocycles. The number of rotatable bonds is 9. The third-order valence-corrected chi connectivity index (χ3v) is 9.17. The molecule has 0 aliphatic rings. The fraction of sp³-hybridized carbons (Fsp3) is 0.441. The minimum Gasteiger partial charge on any atom is -0.399 e. The van der Waals surface area contributed by atoms with Gasteiger partial charge in [-0.3, -0.25) is 0 Å². The van der Waals surface area contributed by atoms with Crippen LogP contribution in [-0.2, 0) is 6.54 Å². The van der Waals surface area contributed by atoms with Crippen molar-refractivity contribution in [1.82, 2.24) is 0 Å². The first-order valence-electron chi connectivity index (χ1n) is 14.7. The van der Waals surface area contributed by atoms with E-state index in [0.29, 0.717) is 0 Å². The molecule has 6 nitrogen and oxygen atoms in total. The SMILES string of the molecule is CCC(C)(C)C(C)(N)N.CC[N+](C)(CC)CCC[n+]1c(-c2ccccc2)c2cc(N)ccc2c2ccc(N)cc21. The van der Waals surface area contributed by atoms with Gasteiger partial charge in [-0.05, 0) is 69.0 Å². The summed E-state index contributed by atoms with van der Waals surface area (Å²) < 4.78 is 3.54. The molecule has 4 aromatic rings. The molecule has 0 saturated heterocycles. The van der Waals surface area contributed by atoms with Crippen molar-refractivity contribution in [2.75, 3.05) is 38.1 Å². The van der Waals surface area contributed by atoms with E-state index in [-0.39, 0.29) is 5.41 Å². The Morgan fingerprint density at radius 2 is 1.32 bits per heavy atom. The second kappa shape index (κ2) is 12.5. The van der Waals surface area contributed by atoms with Gasteiger partial charge in [0.15, 0.2) is 6.54 Å². The Morgan fingerprint density at radius 1 is 0.750 bits per heavy atom. The zero-order chi connectivity index (χ0) is 29.7. The molecular weight excluding hydrogens is 492 g/mol. The van der Waals surface area contributed by atoms with Crippen LogP contribution >= 0.6 is 0 Å². The molecule has 0 bridgehead atoms. The third-order valence-electron chi connectivity index (χ3n) is 9.17. The lowest BCUT2D eigenvalue weighted by Crippen LogP contribution is -2.57. The van der Waals surface area contributed by atoms with E-state index >= 15 is 0 Å². The smallest absolute Gasteiger partial charge is 0.220 e. The summed E-state index contributed by atoms with van der Waals surface area (Å²) in [7, 11) is 2.35. The lowest BCUT2D eigenvalue weighted by molar-refractivity contribution is -0.908. The third kappa shape index (κ3) is 6.92. The molecule has 8 N–H and O–H groups in total. The number of aryl methyl sites for hydroxylation is 1. The van der Waals surface area contributed by atoms with Gasteiger partial charge in [0.2, 0.25) is 11.2 Å². The number of nitrogens with two attached hydrogens (primary N) is 4. The van der Waals surface area contributed by atoms with Gasteiger partial charge >= 0.3 is 0 Å². The van der Waals surface area contributed by atoms with Crippen LogP contribution in [0.15, 0.2) is 66.7 Å². The van der Waals surface area contributed by atoms with E-state index in [9.17, 15) is 0 Å². The second-order valence-corrected chi connectivity index (χ2v) is 12.3.